The molecule has 6 heteroatoms. The van der Waals surface area contributed by atoms with E-state index in [1.54, 1.807) is 0 Å². The van der Waals surface area contributed by atoms with Crippen molar-refractivity contribution in [2.75, 3.05) is 39.5 Å². The van der Waals surface area contributed by atoms with Gasteiger partial charge in [-0.05, 0) is 29.7 Å². The van der Waals surface area contributed by atoms with Crippen molar-refractivity contribution in [2.45, 2.75) is 32.4 Å². The summed E-state index contributed by atoms with van der Waals surface area (Å²) in [6, 6.07) is 16.5. The van der Waals surface area contributed by atoms with Crippen molar-refractivity contribution in [3.63, 3.8) is 0 Å². The van der Waals surface area contributed by atoms with Crippen molar-refractivity contribution in [2.24, 2.45) is 0 Å². The molecule has 2 aliphatic rings. The Balaban J connectivity index is 1.23. The van der Waals surface area contributed by atoms with Crippen LogP contribution in [0.15, 0.2) is 48.5 Å². The molecular formula is C24H31N3O3. The number of carbonyl (C=O) groups is 1. The van der Waals surface area contributed by atoms with Gasteiger partial charge < -0.3 is 14.8 Å². The van der Waals surface area contributed by atoms with Gasteiger partial charge in [0, 0.05) is 32.7 Å². The molecular weight excluding hydrogens is 378 g/mol. The predicted octanol–water partition coefficient (Wildman–Crippen LogP) is 3.19. The van der Waals surface area contributed by atoms with Gasteiger partial charge in [-0.3, -0.25) is 14.6 Å². The van der Waals surface area contributed by atoms with Gasteiger partial charge in [0.2, 0.25) is 12.7 Å². The van der Waals surface area contributed by atoms with Crippen molar-refractivity contribution in [1.29, 1.82) is 0 Å². The number of rotatable bonds is 8. The van der Waals surface area contributed by atoms with Gasteiger partial charge in [0.05, 0.1) is 12.6 Å². The molecule has 0 unspecified atom stereocenters. The highest BCUT2D eigenvalue weighted by Gasteiger charge is 2.21. The van der Waals surface area contributed by atoms with Crippen LogP contribution in [0.4, 0.5) is 0 Å². The average molecular weight is 410 g/mol. The summed E-state index contributed by atoms with van der Waals surface area (Å²) < 4.78 is 10.9. The third-order valence-corrected chi connectivity index (χ3v) is 5.79. The van der Waals surface area contributed by atoms with Crippen molar-refractivity contribution in [3.05, 3.63) is 59.7 Å². The summed E-state index contributed by atoms with van der Waals surface area (Å²) in [7, 11) is 0. The number of carbonyl (C=O) groups excluding carboxylic acids is 1. The number of hydrogen-bond donors (Lipinski definition) is 1. The molecule has 2 aromatic rings. The van der Waals surface area contributed by atoms with Crippen molar-refractivity contribution < 1.29 is 14.3 Å². The summed E-state index contributed by atoms with van der Waals surface area (Å²) in [6.45, 7) is 7.54. The zero-order chi connectivity index (χ0) is 20.8. The predicted molar refractivity (Wildman–Crippen MR) is 117 cm³/mol. The number of nitrogens with one attached hydrogen (secondary N) is 1. The molecule has 1 fully saturated rings. The van der Waals surface area contributed by atoms with E-state index >= 15 is 0 Å². The molecule has 6 nitrogen and oxygen atoms in total. The minimum absolute atomic E-state index is 0.0935. The van der Waals surface area contributed by atoms with Gasteiger partial charge in [-0.15, -0.1) is 0 Å². The maximum Gasteiger partial charge on any atom is 0.234 e. The van der Waals surface area contributed by atoms with Crippen molar-refractivity contribution in [1.82, 2.24) is 15.1 Å². The first-order valence-corrected chi connectivity index (χ1v) is 10.9. The fraction of sp³-hybridized carbons (Fsp3) is 0.458. The van der Waals surface area contributed by atoms with Crippen LogP contribution in [0.5, 0.6) is 11.5 Å². The minimum Gasteiger partial charge on any atom is -0.454 e. The molecule has 0 saturated carbocycles. The largest absolute Gasteiger partial charge is 0.454 e. The van der Waals surface area contributed by atoms with Gasteiger partial charge in [0.15, 0.2) is 11.5 Å². The number of hydrogen-bond acceptors (Lipinski definition) is 5. The zero-order valence-corrected chi connectivity index (χ0v) is 17.7. The van der Waals surface area contributed by atoms with Crippen LogP contribution in [0.1, 0.15) is 36.9 Å². The maximum absolute atomic E-state index is 12.7. The molecule has 0 aliphatic carbocycles. The highest BCUT2D eigenvalue weighted by atomic mass is 16.7. The average Bonchev–Trinajstić information content (AvgIpc) is 3.23. The Morgan fingerprint density at radius 3 is 2.50 bits per heavy atom. The van der Waals surface area contributed by atoms with E-state index in [0.717, 1.165) is 57.1 Å². The quantitative estimate of drug-likeness (QED) is 0.726. The molecule has 1 amide bonds. The van der Waals surface area contributed by atoms with Crippen LogP contribution in [-0.2, 0) is 11.3 Å². The molecule has 0 bridgehead atoms. The first kappa shape index (κ1) is 20.7. The summed E-state index contributed by atoms with van der Waals surface area (Å²) in [5, 5.41) is 3.24. The van der Waals surface area contributed by atoms with E-state index in [2.05, 4.69) is 46.3 Å². The second-order valence-electron chi connectivity index (χ2n) is 8.06. The van der Waals surface area contributed by atoms with E-state index in [4.69, 9.17) is 9.47 Å². The SMILES string of the molecule is CCC[C@H](NC(=O)CN1CCN(Cc2ccc3c(c2)OCO3)CC1)c1ccccc1. The van der Waals surface area contributed by atoms with Crippen LogP contribution in [0, 0.1) is 0 Å². The van der Waals surface area contributed by atoms with Gasteiger partial charge in [-0.2, -0.15) is 0 Å². The Morgan fingerprint density at radius 1 is 1.00 bits per heavy atom. The monoisotopic (exact) mass is 409 g/mol. The molecule has 2 heterocycles. The lowest BCUT2D eigenvalue weighted by Gasteiger charge is -2.34. The zero-order valence-electron chi connectivity index (χ0n) is 17.7. The summed E-state index contributed by atoms with van der Waals surface area (Å²) in [6.07, 6.45) is 2.00. The molecule has 4 rings (SSSR count). The maximum atomic E-state index is 12.7. The lowest BCUT2D eigenvalue weighted by atomic mass is 10.0. The fourth-order valence-corrected chi connectivity index (χ4v) is 4.14. The Morgan fingerprint density at radius 2 is 1.73 bits per heavy atom. The van der Waals surface area contributed by atoms with Gasteiger partial charge >= 0.3 is 0 Å². The van der Waals surface area contributed by atoms with Crippen LogP contribution >= 0.6 is 0 Å². The van der Waals surface area contributed by atoms with Crippen LogP contribution < -0.4 is 14.8 Å². The third-order valence-electron chi connectivity index (χ3n) is 5.79. The topological polar surface area (TPSA) is 54.0 Å². The van der Waals surface area contributed by atoms with Crippen LogP contribution in [0.3, 0.4) is 0 Å². The molecule has 1 N–H and O–H groups in total. The lowest BCUT2D eigenvalue weighted by molar-refractivity contribution is -0.123. The van der Waals surface area contributed by atoms with E-state index in [0.29, 0.717) is 13.3 Å². The normalized spacial score (nSPS) is 17.6. The Hall–Kier alpha value is -2.57. The van der Waals surface area contributed by atoms with Gasteiger partial charge in [0.25, 0.3) is 0 Å². The Labute approximate surface area is 178 Å². The van der Waals surface area contributed by atoms with Gasteiger partial charge in [0.1, 0.15) is 0 Å². The molecule has 0 spiro atoms. The number of benzene rings is 2. The highest BCUT2D eigenvalue weighted by molar-refractivity contribution is 5.78. The molecule has 0 aromatic heterocycles. The first-order chi connectivity index (χ1) is 14.7. The van der Waals surface area contributed by atoms with Crippen LogP contribution in [-0.4, -0.2) is 55.2 Å². The van der Waals surface area contributed by atoms with E-state index in [9.17, 15) is 4.79 Å². The van der Waals surface area contributed by atoms with E-state index < -0.39 is 0 Å². The Bertz CT molecular complexity index is 835. The molecule has 30 heavy (non-hydrogen) atoms. The van der Waals surface area contributed by atoms with Gasteiger partial charge in [-0.1, -0.05) is 49.7 Å². The first-order valence-electron chi connectivity index (χ1n) is 10.9. The second-order valence-corrected chi connectivity index (χ2v) is 8.06. The summed E-state index contributed by atoms with van der Waals surface area (Å²) in [5.74, 6) is 1.77. The molecule has 160 valence electrons. The van der Waals surface area contributed by atoms with Crippen molar-refractivity contribution >= 4 is 5.91 Å². The molecule has 2 aliphatic heterocycles. The standard InChI is InChI=1S/C24H31N3O3/c1-2-6-21(20-7-4-3-5-8-20)25-24(28)17-27-13-11-26(12-14-27)16-19-9-10-22-23(15-19)30-18-29-22/h3-5,7-10,15,21H,2,6,11-14,16-18H2,1H3,(H,25,28)/t21-/m0/s1. The number of nitrogens with zero attached hydrogens (tertiary/aromatic N) is 2. The molecule has 1 atom stereocenters. The van der Waals surface area contributed by atoms with Crippen LogP contribution in [0.2, 0.25) is 0 Å². The summed E-state index contributed by atoms with van der Waals surface area (Å²) in [5.41, 5.74) is 2.41. The van der Waals surface area contributed by atoms with E-state index in [1.807, 2.05) is 24.3 Å². The van der Waals surface area contributed by atoms with Gasteiger partial charge in [-0.25, -0.2) is 0 Å². The smallest absolute Gasteiger partial charge is 0.234 e. The Kier molecular flexibility index (Phi) is 6.87. The summed E-state index contributed by atoms with van der Waals surface area (Å²) in [4.78, 5) is 17.3. The van der Waals surface area contributed by atoms with Crippen LogP contribution in [0.25, 0.3) is 0 Å². The number of piperazine rings is 1. The van der Waals surface area contributed by atoms with E-state index in [1.165, 1.54) is 11.1 Å². The van der Waals surface area contributed by atoms with E-state index in [-0.39, 0.29) is 11.9 Å². The van der Waals surface area contributed by atoms with Crippen molar-refractivity contribution in [3.8, 4) is 11.5 Å². The third kappa shape index (κ3) is 5.32. The lowest BCUT2D eigenvalue weighted by Crippen LogP contribution is -2.49. The number of ether oxygens (including phenoxy) is 2. The molecule has 1 saturated heterocycles. The minimum atomic E-state index is 0.0935. The highest BCUT2D eigenvalue weighted by Crippen LogP contribution is 2.32. The number of amides is 1. The molecule has 0 radical (unpaired) electrons. The molecule has 2 aromatic carbocycles. The summed E-state index contributed by atoms with van der Waals surface area (Å²) >= 11 is 0. The fourth-order valence-electron chi connectivity index (χ4n) is 4.14. The second kappa shape index (κ2) is 9.96. The number of fused-ring (bicyclic) bond motifs is 1.